The van der Waals surface area contributed by atoms with Gasteiger partial charge in [-0.3, -0.25) is 14.5 Å². The first-order valence-electron chi connectivity index (χ1n) is 12.7. The van der Waals surface area contributed by atoms with E-state index in [1.165, 1.54) is 0 Å². The minimum absolute atomic E-state index is 0.0166. The van der Waals surface area contributed by atoms with Crippen molar-refractivity contribution >= 4 is 39.3 Å². The lowest BCUT2D eigenvalue weighted by Gasteiger charge is -2.34. The predicted octanol–water partition coefficient (Wildman–Crippen LogP) is 3.66. The zero-order chi connectivity index (χ0) is 25.9. The number of aromatic nitrogens is 2. The lowest BCUT2D eigenvalue weighted by Crippen LogP contribution is -2.48. The summed E-state index contributed by atoms with van der Waals surface area (Å²) in [5.41, 5.74) is 7.17. The summed E-state index contributed by atoms with van der Waals surface area (Å²) < 4.78 is 0. The van der Waals surface area contributed by atoms with E-state index in [0.717, 1.165) is 40.3 Å². The second kappa shape index (κ2) is 10.5. The molecule has 5 rings (SSSR count). The molecule has 0 radical (unpaired) electrons. The van der Waals surface area contributed by atoms with Crippen LogP contribution in [0.4, 0.5) is 5.82 Å². The molecule has 3 aromatic carbocycles. The second-order valence-electron chi connectivity index (χ2n) is 9.90. The molecule has 8 heteroatoms. The summed E-state index contributed by atoms with van der Waals surface area (Å²) >= 11 is 0. The summed E-state index contributed by atoms with van der Waals surface area (Å²) in [6.07, 6.45) is 0. The zero-order valence-corrected chi connectivity index (χ0v) is 21.2. The summed E-state index contributed by atoms with van der Waals surface area (Å²) in [6, 6.07) is 21.2. The number of amides is 2. The third-order valence-corrected chi connectivity index (χ3v) is 6.94. The van der Waals surface area contributed by atoms with E-state index in [2.05, 4.69) is 16.3 Å². The van der Waals surface area contributed by atoms with Crippen molar-refractivity contribution in [2.75, 3.05) is 31.5 Å². The van der Waals surface area contributed by atoms with E-state index in [9.17, 15) is 9.59 Å². The molecule has 1 atom stereocenters. The van der Waals surface area contributed by atoms with Gasteiger partial charge in [-0.1, -0.05) is 56.3 Å². The Hall–Kier alpha value is -4.04. The Morgan fingerprint density at radius 2 is 1.62 bits per heavy atom. The van der Waals surface area contributed by atoms with Gasteiger partial charge in [0.1, 0.15) is 17.7 Å². The van der Waals surface area contributed by atoms with E-state index < -0.39 is 11.9 Å². The summed E-state index contributed by atoms with van der Waals surface area (Å²) in [5, 5.41) is 6.30. The first-order chi connectivity index (χ1) is 17.9. The molecule has 8 nitrogen and oxygen atoms in total. The molecule has 2 amide bonds. The van der Waals surface area contributed by atoms with Gasteiger partial charge in [-0.2, -0.15) is 0 Å². The van der Waals surface area contributed by atoms with Crippen LogP contribution in [0.25, 0.3) is 21.7 Å². The van der Waals surface area contributed by atoms with Gasteiger partial charge in [0.05, 0.1) is 12.1 Å². The van der Waals surface area contributed by atoms with Gasteiger partial charge in [0, 0.05) is 37.1 Å². The van der Waals surface area contributed by atoms with Gasteiger partial charge >= 0.3 is 0 Å². The third kappa shape index (κ3) is 5.39. The zero-order valence-electron chi connectivity index (χ0n) is 21.2. The van der Waals surface area contributed by atoms with Crippen LogP contribution in [0, 0.1) is 5.92 Å². The van der Waals surface area contributed by atoms with Crippen molar-refractivity contribution in [2.45, 2.75) is 26.4 Å². The highest BCUT2D eigenvalue weighted by molar-refractivity contribution is 5.98. The van der Waals surface area contributed by atoms with Gasteiger partial charge in [-0.15, -0.1) is 0 Å². The van der Waals surface area contributed by atoms with E-state index in [4.69, 9.17) is 15.7 Å². The Morgan fingerprint density at radius 3 is 2.35 bits per heavy atom. The Balaban J connectivity index is 1.28. The first-order valence-corrected chi connectivity index (χ1v) is 12.7. The van der Waals surface area contributed by atoms with Crippen molar-refractivity contribution in [3.05, 3.63) is 78.1 Å². The molecule has 37 heavy (non-hydrogen) atoms. The highest BCUT2D eigenvalue weighted by Gasteiger charge is 2.24. The third-order valence-electron chi connectivity index (χ3n) is 6.94. The number of anilines is 1. The van der Waals surface area contributed by atoms with E-state index in [1.807, 2.05) is 79.4 Å². The van der Waals surface area contributed by atoms with E-state index in [1.54, 1.807) is 0 Å². The number of benzene rings is 3. The van der Waals surface area contributed by atoms with Crippen LogP contribution in [-0.4, -0.2) is 63.8 Å². The lowest BCUT2D eigenvalue weighted by molar-refractivity contribution is -0.119. The first kappa shape index (κ1) is 24.6. The highest BCUT2D eigenvalue weighted by atomic mass is 16.2. The molecule has 0 saturated carbocycles. The molecule has 1 aromatic heterocycles. The topological polar surface area (TPSA) is 104 Å². The summed E-state index contributed by atoms with van der Waals surface area (Å²) in [4.78, 5) is 38.9. The molecular weight excluding hydrogens is 464 g/mol. The van der Waals surface area contributed by atoms with Gasteiger partial charge in [0.2, 0.25) is 5.91 Å². The fourth-order valence-corrected chi connectivity index (χ4v) is 4.83. The molecule has 1 fully saturated rings. The maximum Gasteiger partial charge on any atom is 0.253 e. The molecule has 3 N–H and O–H groups in total. The van der Waals surface area contributed by atoms with Crippen LogP contribution in [0.3, 0.4) is 0 Å². The van der Waals surface area contributed by atoms with Crippen LogP contribution in [0.15, 0.2) is 66.7 Å². The number of nitrogens with two attached hydrogens (primary N) is 1. The Labute approximate surface area is 216 Å². The molecule has 190 valence electrons. The Kier molecular flexibility index (Phi) is 7.01. The number of hydrogen-bond donors (Lipinski definition) is 2. The minimum atomic E-state index is -0.532. The standard InChI is InChI=1S/C29H32N6O2/c1-19(2)26(27(30)36)33-28-23-9-5-6-10-24(23)31-25(32-28)18-34-13-15-35(16-14-34)29(37)22-12-11-20-7-3-4-8-21(20)17-22/h3-12,17,19,26H,13-16,18H2,1-2H3,(H2,30,36)(H,31,32,33)/t26-/m0/s1. The largest absolute Gasteiger partial charge is 0.368 e. The van der Waals surface area contributed by atoms with Crippen molar-refractivity contribution < 1.29 is 9.59 Å². The van der Waals surface area contributed by atoms with Crippen molar-refractivity contribution in [1.82, 2.24) is 19.8 Å². The number of nitrogens with one attached hydrogen (secondary N) is 1. The van der Waals surface area contributed by atoms with Crippen LogP contribution < -0.4 is 11.1 Å². The van der Waals surface area contributed by atoms with Crippen LogP contribution in [0.2, 0.25) is 0 Å². The van der Waals surface area contributed by atoms with Crippen LogP contribution in [0.5, 0.6) is 0 Å². The van der Waals surface area contributed by atoms with Gasteiger partial charge in [-0.05, 0) is 41.0 Å². The number of carbonyl (C=O) groups excluding carboxylic acids is 2. The Morgan fingerprint density at radius 1 is 0.919 bits per heavy atom. The number of piperazine rings is 1. The molecule has 1 aliphatic rings. The van der Waals surface area contributed by atoms with Gasteiger partial charge in [-0.25, -0.2) is 9.97 Å². The fraction of sp³-hybridized carbons (Fsp3) is 0.310. The molecule has 2 heterocycles. The monoisotopic (exact) mass is 496 g/mol. The quantitative estimate of drug-likeness (QED) is 0.405. The normalized spacial score (nSPS) is 15.3. The maximum atomic E-state index is 13.1. The van der Waals surface area contributed by atoms with E-state index in [0.29, 0.717) is 31.3 Å². The van der Waals surface area contributed by atoms with Gasteiger partial charge in [0.15, 0.2) is 0 Å². The van der Waals surface area contributed by atoms with Crippen molar-refractivity contribution in [2.24, 2.45) is 11.7 Å². The van der Waals surface area contributed by atoms with Gasteiger partial charge < -0.3 is 16.0 Å². The number of rotatable bonds is 7. The van der Waals surface area contributed by atoms with Crippen molar-refractivity contribution in [3.63, 3.8) is 0 Å². The minimum Gasteiger partial charge on any atom is -0.368 e. The lowest BCUT2D eigenvalue weighted by atomic mass is 10.0. The summed E-state index contributed by atoms with van der Waals surface area (Å²) in [5.74, 6) is 0.949. The molecule has 0 bridgehead atoms. The smallest absolute Gasteiger partial charge is 0.253 e. The number of nitrogens with zero attached hydrogens (tertiary/aromatic N) is 4. The van der Waals surface area contributed by atoms with Crippen molar-refractivity contribution in [1.29, 1.82) is 0 Å². The fourth-order valence-electron chi connectivity index (χ4n) is 4.83. The molecular formula is C29H32N6O2. The maximum absolute atomic E-state index is 13.1. The SMILES string of the molecule is CC(C)[C@H](Nc1nc(CN2CCN(C(=O)c3ccc4ccccc4c3)CC2)nc2ccccc12)C(N)=O. The van der Waals surface area contributed by atoms with E-state index >= 15 is 0 Å². The molecule has 0 spiro atoms. The number of para-hydroxylation sites is 1. The highest BCUT2D eigenvalue weighted by Crippen LogP contribution is 2.23. The molecule has 1 saturated heterocycles. The molecule has 4 aromatic rings. The predicted molar refractivity (Wildman–Crippen MR) is 146 cm³/mol. The summed E-state index contributed by atoms with van der Waals surface area (Å²) in [7, 11) is 0. The average molecular weight is 497 g/mol. The number of fused-ring (bicyclic) bond motifs is 2. The molecule has 1 aliphatic heterocycles. The van der Waals surface area contributed by atoms with Crippen LogP contribution >= 0.6 is 0 Å². The molecule has 0 aliphatic carbocycles. The number of carbonyl (C=O) groups is 2. The number of primary amides is 1. The Bertz CT molecular complexity index is 1450. The second-order valence-corrected chi connectivity index (χ2v) is 9.90. The van der Waals surface area contributed by atoms with E-state index in [-0.39, 0.29) is 11.8 Å². The van der Waals surface area contributed by atoms with Gasteiger partial charge in [0.25, 0.3) is 5.91 Å². The average Bonchev–Trinajstić information content (AvgIpc) is 2.91. The molecule has 0 unspecified atom stereocenters. The summed E-state index contributed by atoms with van der Waals surface area (Å²) in [6.45, 7) is 7.20. The van der Waals surface area contributed by atoms with Crippen LogP contribution in [0.1, 0.15) is 30.0 Å². The number of hydrogen-bond acceptors (Lipinski definition) is 6. The van der Waals surface area contributed by atoms with Crippen molar-refractivity contribution in [3.8, 4) is 0 Å². The van der Waals surface area contributed by atoms with Crippen LogP contribution in [-0.2, 0) is 11.3 Å².